The van der Waals surface area contributed by atoms with E-state index < -0.39 is 0 Å². The maximum Gasteiger partial charge on any atom is 0.104 e. The zero-order valence-corrected chi connectivity index (χ0v) is 15.3. The second kappa shape index (κ2) is 7.87. The van der Waals surface area contributed by atoms with Gasteiger partial charge in [0.2, 0.25) is 0 Å². The second-order valence-corrected chi connectivity index (χ2v) is 8.19. The van der Waals surface area contributed by atoms with Gasteiger partial charge in [-0.1, -0.05) is 24.3 Å². The number of nitrogens with zero attached hydrogens (tertiary/aromatic N) is 1. The molecule has 25 heavy (non-hydrogen) atoms. The van der Waals surface area contributed by atoms with E-state index in [2.05, 4.69) is 52.0 Å². The summed E-state index contributed by atoms with van der Waals surface area (Å²) < 4.78 is 12.2. The fraction of sp³-hybridized carbons (Fsp3) is 0.500. The highest BCUT2D eigenvalue weighted by atomic mass is 32.1. The van der Waals surface area contributed by atoms with Gasteiger partial charge in [-0.2, -0.15) is 0 Å². The van der Waals surface area contributed by atoms with Gasteiger partial charge in [0.15, 0.2) is 0 Å². The van der Waals surface area contributed by atoms with E-state index >= 15 is 0 Å². The molecule has 3 heterocycles. The number of thiophene rings is 1. The van der Waals surface area contributed by atoms with Crippen molar-refractivity contribution in [3.8, 4) is 0 Å². The molecule has 1 spiro atoms. The Labute approximate surface area is 153 Å². The molecular formula is C20H26N2O2S. The summed E-state index contributed by atoms with van der Waals surface area (Å²) in [5, 5.41) is 5.69. The molecule has 5 heteroatoms. The largest absolute Gasteiger partial charge is 0.385 e. The number of hydrogen-bond donors (Lipinski definition) is 1. The molecule has 0 aliphatic carbocycles. The lowest BCUT2D eigenvalue weighted by molar-refractivity contribution is -0.0561. The normalized spacial score (nSPS) is 27.4. The average molecular weight is 359 g/mol. The topological polar surface area (TPSA) is 33.7 Å². The highest BCUT2D eigenvalue weighted by molar-refractivity contribution is 7.09. The van der Waals surface area contributed by atoms with Crippen LogP contribution in [-0.2, 0) is 16.0 Å². The summed E-state index contributed by atoms with van der Waals surface area (Å²) in [6.45, 7) is 6.23. The van der Waals surface area contributed by atoms with Crippen LogP contribution < -0.4 is 5.32 Å². The molecule has 1 aromatic heterocycles. The van der Waals surface area contributed by atoms with Crippen LogP contribution in [0.4, 0.5) is 5.69 Å². The summed E-state index contributed by atoms with van der Waals surface area (Å²) in [5.41, 5.74) is 1.04. The van der Waals surface area contributed by atoms with Crippen molar-refractivity contribution < 1.29 is 9.47 Å². The van der Waals surface area contributed by atoms with E-state index in [1.165, 1.54) is 10.6 Å². The predicted molar refractivity (Wildman–Crippen MR) is 102 cm³/mol. The van der Waals surface area contributed by atoms with Crippen molar-refractivity contribution >= 4 is 17.0 Å². The van der Waals surface area contributed by atoms with Crippen LogP contribution in [-0.4, -0.2) is 50.0 Å². The van der Waals surface area contributed by atoms with Crippen LogP contribution in [0, 0.1) is 5.92 Å². The molecule has 2 saturated heterocycles. The molecule has 2 aliphatic heterocycles. The third-order valence-electron chi connectivity index (χ3n) is 5.04. The molecule has 2 aliphatic rings. The summed E-state index contributed by atoms with van der Waals surface area (Å²) >= 11 is 1.83. The lowest BCUT2D eigenvalue weighted by Crippen LogP contribution is -2.43. The zero-order valence-electron chi connectivity index (χ0n) is 14.5. The van der Waals surface area contributed by atoms with Crippen LogP contribution in [0.1, 0.15) is 11.3 Å². The first-order valence-electron chi connectivity index (χ1n) is 9.07. The van der Waals surface area contributed by atoms with E-state index in [1.807, 2.05) is 17.4 Å². The van der Waals surface area contributed by atoms with E-state index in [0.717, 1.165) is 52.4 Å². The van der Waals surface area contributed by atoms with Gasteiger partial charge in [-0.25, -0.2) is 0 Å². The Morgan fingerprint density at radius 1 is 1.20 bits per heavy atom. The summed E-state index contributed by atoms with van der Waals surface area (Å²) in [6.07, 6.45) is 1.06. The number of para-hydroxylation sites is 1. The van der Waals surface area contributed by atoms with Gasteiger partial charge in [0.05, 0.1) is 19.8 Å². The molecule has 0 radical (unpaired) electrons. The van der Waals surface area contributed by atoms with Crippen LogP contribution in [0.25, 0.3) is 0 Å². The van der Waals surface area contributed by atoms with Gasteiger partial charge in [0.25, 0.3) is 0 Å². The average Bonchev–Trinajstić information content (AvgIpc) is 3.23. The Hall–Kier alpha value is -1.40. The molecular weight excluding hydrogens is 332 g/mol. The van der Waals surface area contributed by atoms with Gasteiger partial charge < -0.3 is 14.8 Å². The van der Waals surface area contributed by atoms with Crippen LogP contribution in [0.3, 0.4) is 0 Å². The van der Waals surface area contributed by atoms with Crippen LogP contribution in [0.5, 0.6) is 0 Å². The number of hydrogen-bond acceptors (Lipinski definition) is 5. The fourth-order valence-corrected chi connectivity index (χ4v) is 4.59. The summed E-state index contributed by atoms with van der Waals surface area (Å²) in [5.74, 6) is 0.533. The Morgan fingerprint density at radius 3 is 2.96 bits per heavy atom. The van der Waals surface area contributed by atoms with E-state index in [1.54, 1.807) is 0 Å². The van der Waals surface area contributed by atoms with E-state index in [0.29, 0.717) is 5.92 Å². The van der Waals surface area contributed by atoms with Gasteiger partial charge >= 0.3 is 0 Å². The number of benzene rings is 1. The van der Waals surface area contributed by atoms with Crippen molar-refractivity contribution in [1.82, 2.24) is 4.90 Å². The Balaban J connectivity index is 1.34. The first kappa shape index (κ1) is 17.0. The summed E-state index contributed by atoms with van der Waals surface area (Å²) in [6, 6.07) is 14.7. The zero-order chi connectivity index (χ0) is 17.0. The van der Waals surface area contributed by atoms with Crippen molar-refractivity contribution in [2.45, 2.75) is 18.6 Å². The maximum atomic E-state index is 6.31. The molecule has 0 amide bonds. The minimum absolute atomic E-state index is 0.142. The number of rotatable bonds is 5. The number of ether oxygens (including phenoxy) is 2. The Morgan fingerprint density at radius 2 is 2.12 bits per heavy atom. The summed E-state index contributed by atoms with van der Waals surface area (Å²) in [7, 11) is 0. The van der Waals surface area contributed by atoms with Crippen LogP contribution >= 0.6 is 11.3 Å². The molecule has 2 atom stereocenters. The molecule has 134 valence electrons. The van der Waals surface area contributed by atoms with Crippen molar-refractivity contribution in [2.24, 2.45) is 5.92 Å². The first-order chi connectivity index (χ1) is 12.3. The van der Waals surface area contributed by atoms with Gasteiger partial charge in [-0.3, -0.25) is 4.90 Å². The predicted octanol–water partition coefficient (Wildman–Crippen LogP) is 3.47. The van der Waals surface area contributed by atoms with Crippen molar-refractivity contribution in [2.75, 3.05) is 44.8 Å². The minimum Gasteiger partial charge on any atom is -0.385 e. The highest BCUT2D eigenvalue weighted by Crippen LogP contribution is 2.33. The lowest BCUT2D eigenvalue weighted by atomic mass is 9.94. The minimum atomic E-state index is -0.142. The first-order valence-corrected chi connectivity index (χ1v) is 9.95. The van der Waals surface area contributed by atoms with Gasteiger partial charge in [0, 0.05) is 42.7 Å². The molecule has 0 unspecified atom stereocenters. The molecule has 0 bridgehead atoms. The molecule has 0 saturated carbocycles. The number of nitrogens with one attached hydrogen (secondary N) is 1. The third-order valence-corrected chi connectivity index (χ3v) is 5.90. The monoisotopic (exact) mass is 358 g/mol. The second-order valence-electron chi connectivity index (χ2n) is 7.15. The SMILES string of the molecule is c1ccc(NC[C@H]2CO[C@@]3(COCCN(Cc4cccs4)C3)C2)cc1. The molecule has 4 rings (SSSR count). The van der Waals surface area contributed by atoms with Crippen molar-refractivity contribution in [3.63, 3.8) is 0 Å². The smallest absolute Gasteiger partial charge is 0.104 e. The molecule has 4 nitrogen and oxygen atoms in total. The third kappa shape index (κ3) is 4.42. The standard InChI is InChI=1S/C20H26N2O2S/c1-2-5-18(6-3-1)21-12-17-11-20(24-14-17)15-22(8-9-23-16-20)13-19-7-4-10-25-19/h1-7,10,17,21H,8-9,11-16H2/t17-,20-/m0/s1. The molecule has 1 aromatic carbocycles. The Bertz CT molecular complexity index is 649. The highest BCUT2D eigenvalue weighted by Gasteiger charge is 2.43. The number of anilines is 1. The fourth-order valence-electron chi connectivity index (χ4n) is 3.84. The van der Waals surface area contributed by atoms with Gasteiger partial charge in [-0.05, 0) is 30.0 Å². The Kier molecular flexibility index (Phi) is 5.36. The quantitative estimate of drug-likeness (QED) is 0.887. The van der Waals surface area contributed by atoms with E-state index in [-0.39, 0.29) is 5.60 Å². The molecule has 2 fully saturated rings. The molecule has 1 N–H and O–H groups in total. The van der Waals surface area contributed by atoms with Gasteiger partial charge in [0.1, 0.15) is 5.60 Å². The van der Waals surface area contributed by atoms with E-state index in [9.17, 15) is 0 Å². The van der Waals surface area contributed by atoms with Crippen LogP contribution in [0.2, 0.25) is 0 Å². The van der Waals surface area contributed by atoms with Gasteiger partial charge in [-0.15, -0.1) is 11.3 Å². The van der Waals surface area contributed by atoms with Crippen molar-refractivity contribution in [1.29, 1.82) is 0 Å². The summed E-state index contributed by atoms with van der Waals surface area (Å²) in [4.78, 5) is 3.91. The maximum absolute atomic E-state index is 6.31. The lowest BCUT2D eigenvalue weighted by Gasteiger charge is -2.31. The van der Waals surface area contributed by atoms with Crippen molar-refractivity contribution in [3.05, 3.63) is 52.7 Å². The molecule has 2 aromatic rings. The van der Waals surface area contributed by atoms with E-state index in [4.69, 9.17) is 9.47 Å². The van der Waals surface area contributed by atoms with Crippen LogP contribution in [0.15, 0.2) is 47.8 Å².